The number of furan rings is 1. The number of carbonyl (C=O) groups excluding carboxylic acids is 1. The minimum atomic E-state index is -3.36. The number of nitrogens with zero attached hydrogens (tertiary/aromatic N) is 3. The van der Waals surface area contributed by atoms with Crippen molar-refractivity contribution in [1.82, 2.24) is 0 Å². The van der Waals surface area contributed by atoms with E-state index in [2.05, 4.69) is 6.07 Å². The second-order valence-electron chi connectivity index (χ2n) is 7.99. The fourth-order valence-corrected chi connectivity index (χ4v) is 4.83. The van der Waals surface area contributed by atoms with Gasteiger partial charge < -0.3 is 24.5 Å². The minimum absolute atomic E-state index is 0.0341. The summed E-state index contributed by atoms with van der Waals surface area (Å²) in [5.74, 6) is -0.742. The Morgan fingerprint density at radius 2 is 2.09 bits per heavy atom. The summed E-state index contributed by atoms with van der Waals surface area (Å²) in [7, 11) is -3.36. The molecule has 0 spiro atoms. The number of hydrogen-bond donors (Lipinski definition) is 2. The molecule has 1 aliphatic heterocycles. The molecule has 0 saturated heterocycles. The van der Waals surface area contributed by atoms with Crippen molar-refractivity contribution in [3.8, 4) is 11.8 Å². The Kier molecular flexibility index (Phi) is 5.49. The summed E-state index contributed by atoms with van der Waals surface area (Å²) in [6.07, 6.45) is 0. The maximum absolute atomic E-state index is 13.5. The number of nitriles is 1. The number of anilines is 1. The van der Waals surface area contributed by atoms with E-state index in [1.54, 1.807) is 18.2 Å². The molecule has 0 fully saturated rings. The molecule has 11 nitrogen and oxygen atoms in total. The standard InChI is InChI=1S/C23H17N4O7P/c24-9-12-1-3-16-17(5-12)22-14(10-25)11-26(18(22)8-20(16)34-35(31)32)23(28)21-7-13-6-15(27(29)30)2-4-19(13)33-21/h1-8,14,35H,10-11,25H2,(H,31,32). The monoisotopic (exact) mass is 492 g/mol. The van der Waals surface area contributed by atoms with Gasteiger partial charge in [-0.15, -0.1) is 0 Å². The van der Waals surface area contributed by atoms with Gasteiger partial charge in [0.25, 0.3) is 11.6 Å². The number of carbonyl (C=O) groups is 1. The van der Waals surface area contributed by atoms with Crippen molar-refractivity contribution in [2.75, 3.05) is 18.0 Å². The summed E-state index contributed by atoms with van der Waals surface area (Å²) < 4.78 is 22.4. The maximum Gasteiger partial charge on any atom is 0.365 e. The van der Waals surface area contributed by atoms with Gasteiger partial charge in [-0.3, -0.25) is 14.9 Å². The third-order valence-corrected chi connectivity index (χ3v) is 6.39. The molecule has 35 heavy (non-hydrogen) atoms. The molecule has 2 heterocycles. The predicted molar refractivity (Wildman–Crippen MR) is 127 cm³/mol. The maximum atomic E-state index is 13.5. The van der Waals surface area contributed by atoms with E-state index in [-0.39, 0.29) is 36.2 Å². The molecule has 1 aliphatic rings. The molecule has 3 N–H and O–H groups in total. The van der Waals surface area contributed by atoms with Crippen LogP contribution in [-0.2, 0) is 4.57 Å². The Balaban J connectivity index is 1.66. The predicted octanol–water partition coefficient (Wildman–Crippen LogP) is 3.83. The average Bonchev–Trinajstić information content (AvgIpc) is 3.44. The van der Waals surface area contributed by atoms with Crippen LogP contribution in [0.2, 0.25) is 0 Å². The molecule has 176 valence electrons. The number of nitrogens with two attached hydrogens (primary N) is 1. The van der Waals surface area contributed by atoms with Crippen molar-refractivity contribution >= 4 is 47.3 Å². The largest absolute Gasteiger partial charge is 0.451 e. The number of hydrogen-bond acceptors (Lipinski definition) is 8. The summed E-state index contributed by atoms with van der Waals surface area (Å²) >= 11 is 0. The molecule has 0 saturated carbocycles. The zero-order valence-corrected chi connectivity index (χ0v) is 18.9. The van der Waals surface area contributed by atoms with Gasteiger partial charge in [-0.25, -0.2) is 4.57 Å². The number of rotatable bonds is 5. The zero-order valence-electron chi connectivity index (χ0n) is 17.9. The fourth-order valence-electron chi connectivity index (χ4n) is 4.48. The quantitative estimate of drug-likeness (QED) is 0.238. The van der Waals surface area contributed by atoms with Crippen molar-refractivity contribution in [3.05, 3.63) is 75.5 Å². The van der Waals surface area contributed by atoms with Gasteiger partial charge in [-0.2, -0.15) is 5.26 Å². The number of amides is 1. The second-order valence-corrected chi connectivity index (χ2v) is 8.72. The van der Waals surface area contributed by atoms with E-state index in [9.17, 15) is 29.6 Å². The normalized spacial score (nSPS) is 15.7. The zero-order chi connectivity index (χ0) is 24.9. The molecule has 3 aromatic carbocycles. The molecule has 0 radical (unpaired) electrons. The van der Waals surface area contributed by atoms with Crippen LogP contribution in [-0.4, -0.2) is 28.8 Å². The van der Waals surface area contributed by atoms with E-state index in [0.717, 1.165) is 0 Å². The highest BCUT2D eigenvalue weighted by molar-refractivity contribution is 7.32. The number of nitro groups is 1. The van der Waals surface area contributed by atoms with E-state index in [1.165, 1.54) is 35.2 Å². The Morgan fingerprint density at radius 1 is 1.29 bits per heavy atom. The Hall–Kier alpha value is -4.23. The van der Waals surface area contributed by atoms with Gasteiger partial charge in [0, 0.05) is 48.0 Å². The first-order valence-electron chi connectivity index (χ1n) is 10.4. The van der Waals surface area contributed by atoms with Gasteiger partial charge in [0.05, 0.1) is 22.2 Å². The summed E-state index contributed by atoms with van der Waals surface area (Å²) in [5, 5.41) is 22.0. The number of non-ortho nitro benzene ring substituents is 1. The molecule has 5 rings (SSSR count). The van der Waals surface area contributed by atoms with Gasteiger partial charge >= 0.3 is 8.25 Å². The lowest BCUT2D eigenvalue weighted by atomic mass is 9.93. The van der Waals surface area contributed by atoms with Gasteiger partial charge in [-0.1, -0.05) is 0 Å². The molecule has 2 atom stereocenters. The van der Waals surface area contributed by atoms with Gasteiger partial charge in [0.1, 0.15) is 11.3 Å². The number of fused-ring (bicyclic) bond motifs is 4. The fraction of sp³-hybridized carbons (Fsp3) is 0.130. The SMILES string of the molecule is N#Cc1ccc2c(O[PH](=O)O)cc3c(c2c1)C(CN)CN3C(=O)c1cc2cc([N+](=O)[O-])ccc2o1. The van der Waals surface area contributed by atoms with Crippen LogP contribution in [0.1, 0.15) is 27.6 Å². The minimum Gasteiger partial charge on any atom is -0.451 e. The molecule has 0 bridgehead atoms. The van der Waals surface area contributed by atoms with Crippen LogP contribution < -0.4 is 15.2 Å². The van der Waals surface area contributed by atoms with E-state index < -0.39 is 19.1 Å². The van der Waals surface area contributed by atoms with Crippen LogP contribution in [0.4, 0.5) is 11.4 Å². The van der Waals surface area contributed by atoms with Gasteiger partial charge in [0.15, 0.2) is 5.76 Å². The highest BCUT2D eigenvalue weighted by Crippen LogP contribution is 2.47. The van der Waals surface area contributed by atoms with Gasteiger partial charge in [0.2, 0.25) is 0 Å². The van der Waals surface area contributed by atoms with Crippen LogP contribution in [0.3, 0.4) is 0 Å². The van der Waals surface area contributed by atoms with Crippen molar-refractivity contribution in [1.29, 1.82) is 5.26 Å². The number of nitro benzene ring substituents is 1. The van der Waals surface area contributed by atoms with E-state index in [4.69, 9.17) is 14.7 Å². The lowest BCUT2D eigenvalue weighted by molar-refractivity contribution is -0.384. The van der Waals surface area contributed by atoms with Crippen LogP contribution >= 0.6 is 8.25 Å². The summed E-state index contributed by atoms with van der Waals surface area (Å²) in [6, 6.07) is 13.9. The second kappa shape index (κ2) is 8.52. The Bertz CT molecular complexity index is 1610. The third-order valence-electron chi connectivity index (χ3n) is 6.00. The van der Waals surface area contributed by atoms with E-state index in [1.807, 2.05) is 0 Å². The lowest BCUT2D eigenvalue weighted by Gasteiger charge is -2.18. The smallest absolute Gasteiger partial charge is 0.365 e. The topological polar surface area (TPSA) is 173 Å². The van der Waals surface area contributed by atoms with Crippen LogP contribution in [0.5, 0.6) is 5.75 Å². The molecule has 4 aromatic rings. The first-order valence-corrected chi connectivity index (χ1v) is 11.7. The van der Waals surface area contributed by atoms with Crippen molar-refractivity contribution < 1.29 is 28.1 Å². The summed E-state index contributed by atoms with van der Waals surface area (Å²) in [6.45, 7) is 0.400. The van der Waals surface area contributed by atoms with Crippen molar-refractivity contribution in [2.24, 2.45) is 5.73 Å². The molecule has 1 aromatic heterocycles. The van der Waals surface area contributed by atoms with Crippen LogP contribution in [0.15, 0.2) is 52.9 Å². The lowest BCUT2D eigenvalue weighted by Crippen LogP contribution is -2.30. The molecule has 12 heteroatoms. The first-order chi connectivity index (χ1) is 16.8. The number of benzene rings is 3. The van der Waals surface area contributed by atoms with E-state index >= 15 is 0 Å². The molecular formula is C23H17N4O7P. The first kappa shape index (κ1) is 22.6. The van der Waals surface area contributed by atoms with Gasteiger partial charge in [-0.05, 0) is 41.3 Å². The third kappa shape index (κ3) is 3.80. The molecule has 0 aliphatic carbocycles. The van der Waals surface area contributed by atoms with Crippen molar-refractivity contribution in [3.63, 3.8) is 0 Å². The summed E-state index contributed by atoms with van der Waals surface area (Å²) in [5.41, 5.74) is 7.71. The highest BCUT2D eigenvalue weighted by atomic mass is 31.1. The van der Waals surface area contributed by atoms with E-state index in [0.29, 0.717) is 38.6 Å². The molecular weight excluding hydrogens is 475 g/mol. The Labute approximate surface area is 198 Å². The molecule has 2 unspecified atom stereocenters. The van der Waals surface area contributed by atoms with Crippen molar-refractivity contribution in [2.45, 2.75) is 5.92 Å². The average molecular weight is 492 g/mol. The van der Waals surface area contributed by atoms with Crippen LogP contribution in [0.25, 0.3) is 21.7 Å². The molecule has 1 amide bonds. The van der Waals surface area contributed by atoms with Crippen LogP contribution in [0, 0.1) is 21.4 Å². The Morgan fingerprint density at radius 3 is 2.77 bits per heavy atom. The highest BCUT2D eigenvalue weighted by Gasteiger charge is 2.36. The summed E-state index contributed by atoms with van der Waals surface area (Å²) in [4.78, 5) is 34.9.